The lowest BCUT2D eigenvalue weighted by Gasteiger charge is -2.25. The highest BCUT2D eigenvalue weighted by Crippen LogP contribution is 2.21. The van der Waals surface area contributed by atoms with Crippen LogP contribution in [0.5, 0.6) is 0 Å². The smallest absolute Gasteiger partial charge is 0.0707 e. The van der Waals surface area contributed by atoms with E-state index in [9.17, 15) is 0 Å². The van der Waals surface area contributed by atoms with E-state index in [0.29, 0.717) is 12.2 Å². The Kier molecular flexibility index (Phi) is 5.84. The zero-order valence-electron chi connectivity index (χ0n) is 13.8. The van der Waals surface area contributed by atoms with Crippen molar-refractivity contribution in [2.24, 2.45) is 0 Å². The van der Waals surface area contributed by atoms with E-state index in [-0.39, 0.29) is 5.54 Å². The standard InChI is InChI=1S/C16H33N3O/c1-16(2,3)17-12-14-6-7-15(20-14)13-19-9-5-8-18(4)10-11-19/h14-15,17H,5-13H2,1-4H3. The van der Waals surface area contributed by atoms with Crippen molar-refractivity contribution < 1.29 is 4.74 Å². The Labute approximate surface area is 124 Å². The number of hydrogen-bond acceptors (Lipinski definition) is 4. The van der Waals surface area contributed by atoms with Gasteiger partial charge in [-0.3, -0.25) is 4.90 Å². The maximum Gasteiger partial charge on any atom is 0.0707 e. The fourth-order valence-electron chi connectivity index (χ4n) is 3.06. The Hall–Kier alpha value is -0.160. The van der Waals surface area contributed by atoms with Gasteiger partial charge in [0.15, 0.2) is 0 Å². The molecule has 4 heteroatoms. The maximum absolute atomic E-state index is 6.21. The number of ether oxygens (including phenoxy) is 1. The molecule has 4 nitrogen and oxygen atoms in total. The molecule has 2 aliphatic heterocycles. The first-order chi connectivity index (χ1) is 9.42. The molecule has 20 heavy (non-hydrogen) atoms. The Bertz CT molecular complexity index is 290. The van der Waals surface area contributed by atoms with Gasteiger partial charge in [-0.1, -0.05) is 0 Å². The molecule has 0 aromatic carbocycles. The number of hydrogen-bond donors (Lipinski definition) is 1. The third-order valence-corrected chi connectivity index (χ3v) is 4.33. The van der Waals surface area contributed by atoms with Gasteiger partial charge in [-0.2, -0.15) is 0 Å². The highest BCUT2D eigenvalue weighted by atomic mass is 16.5. The molecule has 0 bridgehead atoms. The van der Waals surface area contributed by atoms with Gasteiger partial charge >= 0.3 is 0 Å². The van der Waals surface area contributed by atoms with E-state index in [1.165, 1.54) is 45.4 Å². The van der Waals surface area contributed by atoms with Crippen LogP contribution in [0.3, 0.4) is 0 Å². The fraction of sp³-hybridized carbons (Fsp3) is 1.00. The van der Waals surface area contributed by atoms with Crippen LogP contribution in [0.15, 0.2) is 0 Å². The molecule has 0 radical (unpaired) electrons. The van der Waals surface area contributed by atoms with E-state index in [4.69, 9.17) is 4.74 Å². The number of nitrogens with one attached hydrogen (secondary N) is 1. The molecule has 0 aliphatic carbocycles. The van der Waals surface area contributed by atoms with Crippen molar-refractivity contribution in [1.82, 2.24) is 15.1 Å². The Morgan fingerprint density at radius 2 is 1.80 bits per heavy atom. The summed E-state index contributed by atoms with van der Waals surface area (Å²) in [6.45, 7) is 13.6. The minimum Gasteiger partial charge on any atom is -0.372 e. The van der Waals surface area contributed by atoms with Crippen molar-refractivity contribution in [2.75, 3.05) is 46.3 Å². The molecule has 0 aromatic rings. The SMILES string of the molecule is CN1CCCN(CC2CCC(CNC(C)(C)C)O2)CC1. The lowest BCUT2D eigenvalue weighted by molar-refractivity contribution is 0.0216. The predicted molar refractivity (Wildman–Crippen MR) is 84.2 cm³/mol. The Balaban J connectivity index is 1.67. The largest absolute Gasteiger partial charge is 0.372 e. The monoisotopic (exact) mass is 283 g/mol. The molecule has 2 unspecified atom stereocenters. The lowest BCUT2D eigenvalue weighted by atomic mass is 10.1. The van der Waals surface area contributed by atoms with Gasteiger partial charge in [0.25, 0.3) is 0 Å². The second-order valence-corrected chi connectivity index (χ2v) is 7.55. The normalized spacial score (nSPS) is 30.6. The molecule has 2 saturated heterocycles. The molecule has 2 rings (SSSR count). The van der Waals surface area contributed by atoms with Crippen LogP contribution in [-0.4, -0.2) is 73.9 Å². The predicted octanol–water partition coefficient (Wildman–Crippen LogP) is 1.56. The van der Waals surface area contributed by atoms with Gasteiger partial charge in [-0.05, 0) is 60.2 Å². The molecule has 0 aromatic heterocycles. The van der Waals surface area contributed by atoms with Crippen molar-refractivity contribution in [2.45, 2.75) is 57.8 Å². The van der Waals surface area contributed by atoms with Crippen LogP contribution in [0.25, 0.3) is 0 Å². The van der Waals surface area contributed by atoms with E-state index < -0.39 is 0 Å². The third kappa shape index (κ3) is 5.68. The first-order valence-corrected chi connectivity index (χ1v) is 8.24. The molecule has 0 amide bonds. The first kappa shape index (κ1) is 16.2. The second-order valence-electron chi connectivity index (χ2n) is 7.55. The second kappa shape index (κ2) is 7.21. The molecular formula is C16H33N3O. The Morgan fingerprint density at radius 1 is 1.05 bits per heavy atom. The van der Waals surface area contributed by atoms with Crippen LogP contribution in [0.2, 0.25) is 0 Å². The maximum atomic E-state index is 6.21. The summed E-state index contributed by atoms with van der Waals surface area (Å²) in [7, 11) is 2.23. The molecule has 0 spiro atoms. The van der Waals surface area contributed by atoms with Gasteiger partial charge in [0.1, 0.15) is 0 Å². The van der Waals surface area contributed by atoms with Crippen molar-refractivity contribution >= 4 is 0 Å². The van der Waals surface area contributed by atoms with Crippen LogP contribution < -0.4 is 5.32 Å². The first-order valence-electron chi connectivity index (χ1n) is 8.24. The minimum absolute atomic E-state index is 0.191. The number of nitrogens with zero attached hydrogens (tertiary/aromatic N) is 2. The van der Waals surface area contributed by atoms with Gasteiger partial charge in [-0.15, -0.1) is 0 Å². The molecule has 2 atom stereocenters. The Morgan fingerprint density at radius 3 is 2.55 bits per heavy atom. The van der Waals surface area contributed by atoms with E-state index in [1.54, 1.807) is 0 Å². The fourth-order valence-corrected chi connectivity index (χ4v) is 3.06. The molecular weight excluding hydrogens is 250 g/mol. The van der Waals surface area contributed by atoms with Gasteiger partial charge in [0, 0.05) is 31.7 Å². The van der Waals surface area contributed by atoms with Crippen molar-refractivity contribution in [3.8, 4) is 0 Å². The minimum atomic E-state index is 0.191. The number of rotatable bonds is 4. The van der Waals surface area contributed by atoms with Crippen LogP contribution in [-0.2, 0) is 4.74 Å². The van der Waals surface area contributed by atoms with Gasteiger partial charge in [0.2, 0.25) is 0 Å². The molecule has 2 heterocycles. The molecule has 1 N–H and O–H groups in total. The topological polar surface area (TPSA) is 27.7 Å². The van der Waals surface area contributed by atoms with Gasteiger partial charge in [-0.25, -0.2) is 0 Å². The summed E-state index contributed by atoms with van der Waals surface area (Å²) in [6.07, 6.45) is 4.58. The highest BCUT2D eigenvalue weighted by molar-refractivity contribution is 4.81. The molecule has 118 valence electrons. The highest BCUT2D eigenvalue weighted by Gasteiger charge is 2.28. The number of likely N-dealkylation sites (N-methyl/N-ethyl adjacent to an activating group) is 1. The van der Waals surface area contributed by atoms with Crippen LogP contribution >= 0.6 is 0 Å². The van der Waals surface area contributed by atoms with Crippen molar-refractivity contribution in [3.63, 3.8) is 0 Å². The van der Waals surface area contributed by atoms with Gasteiger partial charge < -0.3 is 15.0 Å². The summed E-state index contributed by atoms with van der Waals surface area (Å²) in [6, 6.07) is 0. The van der Waals surface area contributed by atoms with E-state index in [1.807, 2.05) is 0 Å². The van der Waals surface area contributed by atoms with Crippen LogP contribution in [0.4, 0.5) is 0 Å². The lowest BCUT2D eigenvalue weighted by Crippen LogP contribution is -2.41. The zero-order valence-corrected chi connectivity index (χ0v) is 13.8. The molecule has 0 saturated carbocycles. The van der Waals surface area contributed by atoms with Crippen molar-refractivity contribution in [3.05, 3.63) is 0 Å². The zero-order chi connectivity index (χ0) is 14.6. The average molecular weight is 283 g/mol. The van der Waals surface area contributed by atoms with E-state index in [0.717, 1.165) is 13.1 Å². The van der Waals surface area contributed by atoms with Crippen LogP contribution in [0.1, 0.15) is 40.0 Å². The molecule has 2 aliphatic rings. The third-order valence-electron chi connectivity index (χ3n) is 4.33. The van der Waals surface area contributed by atoms with E-state index >= 15 is 0 Å². The van der Waals surface area contributed by atoms with Crippen molar-refractivity contribution in [1.29, 1.82) is 0 Å². The summed E-state index contributed by atoms with van der Waals surface area (Å²) in [5.41, 5.74) is 0.191. The summed E-state index contributed by atoms with van der Waals surface area (Å²) in [5.74, 6) is 0. The summed E-state index contributed by atoms with van der Waals surface area (Å²) < 4.78 is 6.21. The van der Waals surface area contributed by atoms with Gasteiger partial charge in [0.05, 0.1) is 12.2 Å². The molecule has 2 fully saturated rings. The quantitative estimate of drug-likeness (QED) is 0.847. The average Bonchev–Trinajstić information content (AvgIpc) is 2.70. The van der Waals surface area contributed by atoms with E-state index in [2.05, 4.69) is 42.9 Å². The summed E-state index contributed by atoms with van der Waals surface area (Å²) in [5, 5.41) is 3.56. The van der Waals surface area contributed by atoms with Crippen LogP contribution in [0, 0.1) is 0 Å². The summed E-state index contributed by atoms with van der Waals surface area (Å²) >= 11 is 0. The summed E-state index contributed by atoms with van der Waals surface area (Å²) in [4.78, 5) is 5.03.